The molecule has 1 aromatic heterocycles. The molecular formula is C13H22N2OS. The zero-order valence-corrected chi connectivity index (χ0v) is 11.8. The van der Waals surface area contributed by atoms with Gasteiger partial charge < -0.3 is 10.1 Å². The summed E-state index contributed by atoms with van der Waals surface area (Å²) in [4.78, 5) is 6.14. The molecule has 1 fully saturated rings. The van der Waals surface area contributed by atoms with E-state index in [4.69, 9.17) is 9.72 Å². The smallest absolute Gasteiger partial charge is 0.110 e. The maximum Gasteiger partial charge on any atom is 0.110 e. The van der Waals surface area contributed by atoms with E-state index in [0.717, 1.165) is 19.6 Å². The van der Waals surface area contributed by atoms with E-state index in [1.807, 2.05) is 18.4 Å². The molecule has 1 aromatic rings. The number of hydrogen-bond acceptors (Lipinski definition) is 4. The van der Waals surface area contributed by atoms with Gasteiger partial charge in [0.1, 0.15) is 5.01 Å². The number of nitrogens with one attached hydrogen (secondary N) is 1. The fourth-order valence-electron chi connectivity index (χ4n) is 2.50. The zero-order valence-electron chi connectivity index (χ0n) is 11.0. The first kappa shape index (κ1) is 13.0. The van der Waals surface area contributed by atoms with Crippen LogP contribution in [-0.2, 0) is 11.2 Å². The number of nitrogens with zero attached hydrogens (tertiary/aromatic N) is 1. The molecule has 0 saturated carbocycles. The standard InChI is InChI=1S/C13H22N2OS/c1-4-11-9(2)17-13(15-11)12(14-3)10-6-5-7-16-8-10/h10,12,14H,4-8H2,1-3H3. The predicted octanol–water partition coefficient (Wildman–Crippen LogP) is 2.70. The zero-order chi connectivity index (χ0) is 12.3. The van der Waals surface area contributed by atoms with Crippen LogP contribution in [0, 0.1) is 12.8 Å². The molecule has 0 spiro atoms. The molecule has 1 N–H and O–H groups in total. The van der Waals surface area contributed by atoms with Crippen LogP contribution >= 0.6 is 11.3 Å². The highest BCUT2D eigenvalue weighted by Gasteiger charge is 2.27. The molecule has 4 heteroatoms. The van der Waals surface area contributed by atoms with Gasteiger partial charge in [-0.25, -0.2) is 4.98 Å². The number of aromatic nitrogens is 1. The molecule has 2 atom stereocenters. The summed E-state index contributed by atoms with van der Waals surface area (Å²) in [7, 11) is 2.03. The summed E-state index contributed by atoms with van der Waals surface area (Å²) in [6.45, 7) is 6.13. The predicted molar refractivity (Wildman–Crippen MR) is 71.6 cm³/mol. The Kier molecular flexibility index (Phi) is 4.54. The Labute approximate surface area is 108 Å². The van der Waals surface area contributed by atoms with Crippen molar-refractivity contribution in [1.29, 1.82) is 0 Å². The molecule has 17 heavy (non-hydrogen) atoms. The van der Waals surface area contributed by atoms with Crippen LogP contribution in [0.5, 0.6) is 0 Å². The lowest BCUT2D eigenvalue weighted by molar-refractivity contribution is 0.0401. The van der Waals surface area contributed by atoms with Crippen LogP contribution in [-0.4, -0.2) is 25.2 Å². The van der Waals surface area contributed by atoms with E-state index in [-0.39, 0.29) is 0 Å². The Morgan fingerprint density at radius 1 is 1.59 bits per heavy atom. The molecule has 0 radical (unpaired) electrons. The van der Waals surface area contributed by atoms with Gasteiger partial charge in [0.25, 0.3) is 0 Å². The summed E-state index contributed by atoms with van der Waals surface area (Å²) >= 11 is 1.84. The number of ether oxygens (including phenoxy) is 1. The first-order valence-corrected chi connectivity index (χ1v) is 7.29. The van der Waals surface area contributed by atoms with Crippen molar-refractivity contribution < 1.29 is 4.74 Å². The minimum atomic E-state index is 0.360. The SMILES string of the molecule is CCc1nc(C(NC)C2CCCOC2)sc1C. The highest BCUT2D eigenvalue weighted by atomic mass is 32.1. The van der Waals surface area contributed by atoms with Gasteiger partial charge in [-0.15, -0.1) is 11.3 Å². The van der Waals surface area contributed by atoms with Gasteiger partial charge in [-0.2, -0.15) is 0 Å². The summed E-state index contributed by atoms with van der Waals surface area (Å²) in [5.74, 6) is 0.573. The molecule has 2 heterocycles. The average molecular weight is 254 g/mol. The summed E-state index contributed by atoms with van der Waals surface area (Å²) < 4.78 is 5.59. The Morgan fingerprint density at radius 2 is 2.41 bits per heavy atom. The Bertz CT molecular complexity index is 358. The van der Waals surface area contributed by atoms with Crippen LogP contribution in [0.4, 0.5) is 0 Å². The summed E-state index contributed by atoms with van der Waals surface area (Å²) in [6.07, 6.45) is 3.44. The van der Waals surface area contributed by atoms with Gasteiger partial charge in [0.15, 0.2) is 0 Å². The fourth-order valence-corrected chi connectivity index (χ4v) is 3.72. The highest BCUT2D eigenvalue weighted by molar-refractivity contribution is 7.11. The molecule has 2 unspecified atom stereocenters. The maximum atomic E-state index is 5.59. The van der Waals surface area contributed by atoms with Crippen LogP contribution in [0.25, 0.3) is 0 Å². The molecule has 2 rings (SSSR count). The third kappa shape index (κ3) is 2.87. The van der Waals surface area contributed by atoms with E-state index in [9.17, 15) is 0 Å². The van der Waals surface area contributed by atoms with Crippen molar-refractivity contribution in [1.82, 2.24) is 10.3 Å². The quantitative estimate of drug-likeness (QED) is 0.897. The minimum Gasteiger partial charge on any atom is -0.381 e. The lowest BCUT2D eigenvalue weighted by Gasteiger charge is -2.28. The maximum absolute atomic E-state index is 5.59. The van der Waals surface area contributed by atoms with Crippen molar-refractivity contribution in [3.05, 3.63) is 15.6 Å². The summed E-state index contributed by atoms with van der Waals surface area (Å²) in [6, 6.07) is 0.360. The Morgan fingerprint density at radius 3 is 2.94 bits per heavy atom. The van der Waals surface area contributed by atoms with Gasteiger partial charge in [-0.05, 0) is 33.2 Å². The second-order valence-electron chi connectivity index (χ2n) is 4.65. The van der Waals surface area contributed by atoms with Crippen LogP contribution in [0.2, 0.25) is 0 Å². The molecule has 0 bridgehead atoms. The molecule has 0 aromatic carbocycles. The lowest BCUT2D eigenvalue weighted by atomic mass is 9.94. The average Bonchev–Trinajstić information content (AvgIpc) is 2.73. The van der Waals surface area contributed by atoms with Gasteiger partial charge in [-0.3, -0.25) is 0 Å². The summed E-state index contributed by atoms with van der Waals surface area (Å²) in [5.41, 5.74) is 1.25. The second-order valence-corrected chi connectivity index (χ2v) is 5.89. The first-order valence-electron chi connectivity index (χ1n) is 6.47. The van der Waals surface area contributed by atoms with E-state index >= 15 is 0 Å². The Balaban J connectivity index is 2.15. The largest absolute Gasteiger partial charge is 0.381 e. The number of aryl methyl sites for hydroxylation is 2. The molecule has 1 aliphatic heterocycles. The van der Waals surface area contributed by atoms with E-state index < -0.39 is 0 Å². The van der Waals surface area contributed by atoms with Gasteiger partial charge in [-0.1, -0.05) is 6.92 Å². The van der Waals surface area contributed by atoms with Crippen molar-refractivity contribution in [2.75, 3.05) is 20.3 Å². The third-order valence-electron chi connectivity index (χ3n) is 3.49. The van der Waals surface area contributed by atoms with Crippen molar-refractivity contribution in [3.63, 3.8) is 0 Å². The van der Waals surface area contributed by atoms with Crippen molar-refractivity contribution >= 4 is 11.3 Å². The minimum absolute atomic E-state index is 0.360. The van der Waals surface area contributed by atoms with E-state index in [2.05, 4.69) is 19.2 Å². The van der Waals surface area contributed by atoms with Crippen LogP contribution in [0.1, 0.15) is 41.4 Å². The molecule has 3 nitrogen and oxygen atoms in total. The van der Waals surface area contributed by atoms with Crippen molar-refractivity contribution in [2.24, 2.45) is 5.92 Å². The molecular weight excluding hydrogens is 232 g/mol. The third-order valence-corrected chi connectivity index (χ3v) is 4.58. The van der Waals surface area contributed by atoms with E-state index in [0.29, 0.717) is 12.0 Å². The molecule has 0 aliphatic carbocycles. The number of thiazole rings is 1. The molecule has 1 aliphatic rings. The van der Waals surface area contributed by atoms with Gasteiger partial charge in [0.05, 0.1) is 18.3 Å². The first-order chi connectivity index (χ1) is 8.26. The van der Waals surface area contributed by atoms with E-state index in [1.54, 1.807) is 0 Å². The molecule has 1 saturated heterocycles. The van der Waals surface area contributed by atoms with Gasteiger partial charge >= 0.3 is 0 Å². The fraction of sp³-hybridized carbons (Fsp3) is 0.769. The van der Waals surface area contributed by atoms with Crippen LogP contribution in [0.15, 0.2) is 0 Å². The summed E-state index contributed by atoms with van der Waals surface area (Å²) in [5, 5.41) is 4.65. The Hall–Kier alpha value is -0.450. The normalized spacial score (nSPS) is 22.6. The van der Waals surface area contributed by atoms with Crippen LogP contribution < -0.4 is 5.32 Å². The topological polar surface area (TPSA) is 34.2 Å². The van der Waals surface area contributed by atoms with Gasteiger partial charge in [0, 0.05) is 17.4 Å². The lowest BCUT2D eigenvalue weighted by Crippen LogP contribution is -2.31. The number of hydrogen-bond donors (Lipinski definition) is 1. The van der Waals surface area contributed by atoms with Crippen LogP contribution in [0.3, 0.4) is 0 Å². The van der Waals surface area contributed by atoms with Crippen molar-refractivity contribution in [3.8, 4) is 0 Å². The van der Waals surface area contributed by atoms with Gasteiger partial charge in [0.2, 0.25) is 0 Å². The molecule has 0 amide bonds. The second kappa shape index (κ2) is 5.94. The highest BCUT2D eigenvalue weighted by Crippen LogP contribution is 2.32. The molecule has 96 valence electrons. The van der Waals surface area contributed by atoms with E-state index in [1.165, 1.54) is 28.4 Å². The van der Waals surface area contributed by atoms with Crippen molar-refractivity contribution in [2.45, 2.75) is 39.2 Å². The monoisotopic (exact) mass is 254 g/mol. The number of rotatable bonds is 4.